The van der Waals surface area contributed by atoms with Crippen LogP contribution in [-0.4, -0.2) is 9.38 Å². The topological polar surface area (TPSA) is 29.3 Å². The maximum atomic E-state index is 5.89. The molecule has 0 aliphatic rings. The van der Waals surface area contributed by atoms with Crippen LogP contribution in [0.1, 0.15) is 22.6 Å². The summed E-state index contributed by atoms with van der Waals surface area (Å²) in [5.41, 5.74) is 4.82. The number of nitrogens with zero attached hydrogens (tertiary/aromatic N) is 2. The maximum absolute atomic E-state index is 5.89. The zero-order chi connectivity index (χ0) is 14.1. The van der Waals surface area contributed by atoms with Crippen LogP contribution in [-0.2, 0) is 13.1 Å². The van der Waals surface area contributed by atoms with Gasteiger partial charge in [-0.05, 0) is 31.5 Å². The van der Waals surface area contributed by atoms with E-state index in [2.05, 4.69) is 33.9 Å². The number of fused-ring (bicyclic) bond motifs is 1. The fourth-order valence-corrected chi connectivity index (χ4v) is 3.36. The van der Waals surface area contributed by atoms with E-state index in [0.29, 0.717) is 0 Å². The van der Waals surface area contributed by atoms with Crippen molar-refractivity contribution < 1.29 is 0 Å². The third-order valence-corrected chi connectivity index (χ3v) is 4.56. The first-order valence-corrected chi connectivity index (χ1v) is 7.78. The van der Waals surface area contributed by atoms with Crippen molar-refractivity contribution in [1.82, 2.24) is 14.7 Å². The predicted octanol–water partition coefficient (Wildman–Crippen LogP) is 3.96. The van der Waals surface area contributed by atoms with Crippen molar-refractivity contribution in [2.45, 2.75) is 26.9 Å². The summed E-state index contributed by atoms with van der Waals surface area (Å²) in [6.45, 7) is 5.83. The molecule has 3 rings (SSSR count). The molecule has 5 heteroatoms. The first-order chi connectivity index (χ1) is 9.65. The smallest absolute Gasteiger partial charge is 0.194 e. The van der Waals surface area contributed by atoms with Crippen molar-refractivity contribution in [3.63, 3.8) is 0 Å². The summed E-state index contributed by atoms with van der Waals surface area (Å²) in [4.78, 5) is 5.67. The number of aromatic nitrogens is 2. The lowest BCUT2D eigenvalue weighted by Gasteiger charge is -2.06. The van der Waals surface area contributed by atoms with Crippen LogP contribution in [0, 0.1) is 13.8 Å². The summed E-state index contributed by atoms with van der Waals surface area (Å²) in [5, 5.41) is 6.39. The van der Waals surface area contributed by atoms with Crippen LogP contribution in [0.15, 0.2) is 29.6 Å². The Morgan fingerprint density at radius 2 is 1.95 bits per heavy atom. The SMILES string of the molecule is Cc1nc2scc(C)n2c1CNCc1ccc(Cl)cc1. The van der Waals surface area contributed by atoms with Crippen molar-refractivity contribution in [1.29, 1.82) is 0 Å². The van der Waals surface area contributed by atoms with Gasteiger partial charge < -0.3 is 5.32 Å². The molecule has 3 nitrogen and oxygen atoms in total. The molecule has 3 aromatic rings. The van der Waals surface area contributed by atoms with Crippen LogP contribution >= 0.6 is 22.9 Å². The molecule has 0 spiro atoms. The summed E-state index contributed by atoms with van der Waals surface area (Å²) in [6.07, 6.45) is 0. The molecule has 0 aliphatic carbocycles. The van der Waals surface area contributed by atoms with E-state index in [-0.39, 0.29) is 0 Å². The minimum absolute atomic E-state index is 0.774. The van der Waals surface area contributed by atoms with Gasteiger partial charge in [-0.15, -0.1) is 11.3 Å². The molecule has 2 aromatic heterocycles. The summed E-state index contributed by atoms with van der Waals surface area (Å²) in [6, 6.07) is 7.93. The number of aryl methyl sites for hydroxylation is 2. The van der Waals surface area contributed by atoms with E-state index in [0.717, 1.165) is 28.8 Å². The second-order valence-corrected chi connectivity index (χ2v) is 6.14. The van der Waals surface area contributed by atoms with Crippen molar-refractivity contribution in [3.8, 4) is 0 Å². The number of hydrogen-bond acceptors (Lipinski definition) is 3. The number of thiazole rings is 1. The fraction of sp³-hybridized carbons (Fsp3) is 0.267. The first kappa shape index (κ1) is 13.6. The molecule has 1 aromatic carbocycles. The number of hydrogen-bond donors (Lipinski definition) is 1. The highest BCUT2D eigenvalue weighted by atomic mass is 35.5. The second-order valence-electron chi connectivity index (χ2n) is 4.87. The van der Waals surface area contributed by atoms with E-state index in [4.69, 9.17) is 11.6 Å². The Labute approximate surface area is 127 Å². The van der Waals surface area contributed by atoms with Crippen LogP contribution in [0.2, 0.25) is 5.02 Å². The Kier molecular flexibility index (Phi) is 3.78. The van der Waals surface area contributed by atoms with Crippen molar-refractivity contribution in [3.05, 3.63) is 57.3 Å². The van der Waals surface area contributed by atoms with Crippen molar-refractivity contribution >= 4 is 27.9 Å². The van der Waals surface area contributed by atoms with Gasteiger partial charge >= 0.3 is 0 Å². The first-order valence-electron chi connectivity index (χ1n) is 6.52. The van der Waals surface area contributed by atoms with Crippen LogP contribution in [0.3, 0.4) is 0 Å². The van der Waals surface area contributed by atoms with E-state index in [1.807, 2.05) is 24.3 Å². The van der Waals surface area contributed by atoms with Crippen LogP contribution in [0.4, 0.5) is 0 Å². The largest absolute Gasteiger partial charge is 0.307 e. The standard InChI is InChI=1S/C15H16ClN3S/c1-10-9-20-15-18-11(2)14(19(10)15)8-17-7-12-3-5-13(16)6-4-12/h3-6,9,17H,7-8H2,1-2H3. The van der Waals surface area contributed by atoms with Gasteiger partial charge in [0.25, 0.3) is 0 Å². The lowest BCUT2D eigenvalue weighted by molar-refractivity contribution is 0.671. The van der Waals surface area contributed by atoms with Gasteiger partial charge in [0.05, 0.1) is 11.4 Å². The maximum Gasteiger partial charge on any atom is 0.194 e. The van der Waals surface area contributed by atoms with E-state index in [1.54, 1.807) is 11.3 Å². The van der Waals surface area contributed by atoms with Crippen LogP contribution in [0.25, 0.3) is 4.96 Å². The fourth-order valence-electron chi connectivity index (χ4n) is 2.30. The molecule has 0 radical (unpaired) electrons. The third kappa shape index (κ3) is 2.59. The Morgan fingerprint density at radius 3 is 2.70 bits per heavy atom. The van der Waals surface area contributed by atoms with E-state index < -0.39 is 0 Å². The highest BCUT2D eigenvalue weighted by Crippen LogP contribution is 2.20. The van der Waals surface area contributed by atoms with E-state index in [1.165, 1.54) is 17.0 Å². The molecular weight excluding hydrogens is 290 g/mol. The monoisotopic (exact) mass is 305 g/mol. The molecule has 0 aliphatic heterocycles. The lowest BCUT2D eigenvalue weighted by atomic mass is 10.2. The molecule has 0 bridgehead atoms. The Morgan fingerprint density at radius 1 is 1.20 bits per heavy atom. The normalized spacial score (nSPS) is 11.3. The van der Waals surface area contributed by atoms with Gasteiger partial charge in [0.2, 0.25) is 0 Å². The van der Waals surface area contributed by atoms with Gasteiger partial charge in [-0.1, -0.05) is 23.7 Å². The highest BCUT2D eigenvalue weighted by Gasteiger charge is 2.11. The molecule has 0 saturated heterocycles. The molecule has 0 amide bonds. The zero-order valence-corrected chi connectivity index (χ0v) is 13.1. The van der Waals surface area contributed by atoms with E-state index in [9.17, 15) is 0 Å². The van der Waals surface area contributed by atoms with Crippen LogP contribution < -0.4 is 5.32 Å². The minimum Gasteiger partial charge on any atom is -0.307 e. The molecule has 104 valence electrons. The van der Waals surface area contributed by atoms with Gasteiger partial charge in [-0.25, -0.2) is 4.98 Å². The number of imidazole rings is 1. The molecule has 1 N–H and O–H groups in total. The van der Waals surface area contributed by atoms with Gasteiger partial charge in [0, 0.05) is 29.2 Å². The molecule has 0 atom stereocenters. The lowest BCUT2D eigenvalue weighted by Crippen LogP contribution is -2.15. The Bertz CT molecular complexity index is 727. The quantitative estimate of drug-likeness (QED) is 0.790. The van der Waals surface area contributed by atoms with Gasteiger partial charge in [-0.3, -0.25) is 4.40 Å². The summed E-state index contributed by atoms with van der Waals surface area (Å²) in [7, 11) is 0. The average molecular weight is 306 g/mol. The Hall–Kier alpha value is -1.36. The summed E-state index contributed by atoms with van der Waals surface area (Å²) < 4.78 is 2.23. The zero-order valence-electron chi connectivity index (χ0n) is 11.5. The van der Waals surface area contributed by atoms with Crippen LogP contribution in [0.5, 0.6) is 0 Å². The van der Waals surface area contributed by atoms with E-state index >= 15 is 0 Å². The van der Waals surface area contributed by atoms with Crippen molar-refractivity contribution in [2.75, 3.05) is 0 Å². The third-order valence-electron chi connectivity index (χ3n) is 3.36. The molecule has 2 heterocycles. The molecule has 20 heavy (non-hydrogen) atoms. The molecular formula is C15H16ClN3S. The molecule has 0 unspecified atom stereocenters. The number of rotatable bonds is 4. The van der Waals surface area contributed by atoms with Crippen molar-refractivity contribution in [2.24, 2.45) is 0 Å². The van der Waals surface area contributed by atoms with Gasteiger partial charge in [0.15, 0.2) is 4.96 Å². The average Bonchev–Trinajstić information content (AvgIpc) is 2.93. The predicted molar refractivity (Wildman–Crippen MR) is 84.5 cm³/mol. The van der Waals surface area contributed by atoms with Gasteiger partial charge in [0.1, 0.15) is 0 Å². The van der Waals surface area contributed by atoms with Gasteiger partial charge in [-0.2, -0.15) is 0 Å². The second kappa shape index (κ2) is 5.56. The molecule has 0 fully saturated rings. The number of nitrogens with one attached hydrogen (secondary N) is 1. The number of benzene rings is 1. The molecule has 0 saturated carbocycles. The highest BCUT2D eigenvalue weighted by molar-refractivity contribution is 7.15. The summed E-state index contributed by atoms with van der Waals surface area (Å²) >= 11 is 7.58. The Balaban J connectivity index is 1.72. The number of halogens is 1. The summed E-state index contributed by atoms with van der Waals surface area (Å²) in [5.74, 6) is 0. The minimum atomic E-state index is 0.774.